The van der Waals surface area contributed by atoms with Crippen molar-refractivity contribution in [3.63, 3.8) is 0 Å². The van der Waals surface area contributed by atoms with Gasteiger partial charge in [-0.2, -0.15) is 0 Å². The smallest absolute Gasteiger partial charge is 0.226 e. The quantitative estimate of drug-likeness (QED) is 0.837. The van der Waals surface area contributed by atoms with Crippen LogP contribution in [0, 0.1) is 0 Å². The number of nitrogens with one attached hydrogen (secondary N) is 1. The van der Waals surface area contributed by atoms with Crippen LogP contribution < -0.4 is 10.1 Å². The van der Waals surface area contributed by atoms with Crippen molar-refractivity contribution in [2.75, 3.05) is 39.2 Å². The Labute approximate surface area is 136 Å². The van der Waals surface area contributed by atoms with E-state index in [1.807, 2.05) is 19.0 Å². The Kier molecular flexibility index (Phi) is 6.49. The van der Waals surface area contributed by atoms with Gasteiger partial charge in [0.1, 0.15) is 12.4 Å². The fourth-order valence-electron chi connectivity index (χ4n) is 2.26. The molecule has 2 rings (SSSR count). The molecule has 1 atom stereocenters. The van der Waals surface area contributed by atoms with E-state index in [1.54, 1.807) is 18.2 Å². The molecule has 1 N–H and O–H groups in total. The topological polar surface area (TPSA) is 50.8 Å². The maximum atomic E-state index is 11.9. The second-order valence-electron chi connectivity index (χ2n) is 5.68. The molecule has 1 saturated heterocycles. The predicted octanol–water partition coefficient (Wildman–Crippen LogP) is 2.79. The number of ether oxygens (including phenoxy) is 2. The molecular weight excluding hydrogens is 304 g/mol. The van der Waals surface area contributed by atoms with Gasteiger partial charge in [0.05, 0.1) is 17.5 Å². The molecule has 0 aromatic heterocycles. The van der Waals surface area contributed by atoms with E-state index < -0.39 is 0 Å². The van der Waals surface area contributed by atoms with Gasteiger partial charge in [-0.05, 0) is 45.1 Å². The van der Waals surface area contributed by atoms with E-state index in [9.17, 15) is 4.79 Å². The highest BCUT2D eigenvalue weighted by Crippen LogP contribution is 2.28. The number of benzene rings is 1. The second kappa shape index (κ2) is 8.36. The molecule has 22 heavy (non-hydrogen) atoms. The number of hydrogen-bond acceptors (Lipinski definition) is 4. The molecule has 0 aliphatic carbocycles. The molecular formula is C16H23ClN2O3. The Morgan fingerprint density at radius 3 is 2.95 bits per heavy atom. The second-order valence-corrected chi connectivity index (χ2v) is 6.09. The van der Waals surface area contributed by atoms with Gasteiger partial charge in [-0.15, -0.1) is 0 Å². The van der Waals surface area contributed by atoms with Crippen molar-refractivity contribution in [1.29, 1.82) is 0 Å². The van der Waals surface area contributed by atoms with Crippen molar-refractivity contribution in [2.24, 2.45) is 0 Å². The van der Waals surface area contributed by atoms with Crippen LogP contribution in [-0.4, -0.2) is 50.8 Å². The summed E-state index contributed by atoms with van der Waals surface area (Å²) in [5.74, 6) is 0.574. The van der Waals surface area contributed by atoms with E-state index >= 15 is 0 Å². The molecule has 0 spiro atoms. The highest BCUT2D eigenvalue weighted by Gasteiger charge is 2.19. The van der Waals surface area contributed by atoms with Gasteiger partial charge in [-0.25, -0.2) is 0 Å². The molecule has 6 heteroatoms. The van der Waals surface area contributed by atoms with Crippen LogP contribution in [0.2, 0.25) is 5.02 Å². The highest BCUT2D eigenvalue weighted by atomic mass is 35.5. The van der Waals surface area contributed by atoms with Crippen molar-refractivity contribution >= 4 is 23.2 Å². The number of likely N-dealkylation sites (N-methyl/N-ethyl adjacent to an activating group) is 1. The number of carbonyl (C=O) groups excluding carboxylic acids is 1. The van der Waals surface area contributed by atoms with Gasteiger partial charge in [0.2, 0.25) is 5.91 Å². The standard InChI is InChI=1S/C16H23ClN2O3/c1-19(2)7-9-22-15-6-5-12(10-14(15)17)18-16(20)11-13-4-3-8-21-13/h5-6,10,13H,3-4,7-9,11H2,1-2H3,(H,18,20)/t13-/m1/s1. The Bertz CT molecular complexity index is 502. The molecule has 1 amide bonds. The highest BCUT2D eigenvalue weighted by molar-refractivity contribution is 6.32. The molecule has 122 valence electrons. The van der Waals surface area contributed by atoms with Crippen LogP contribution in [0.25, 0.3) is 0 Å². The molecule has 5 nitrogen and oxygen atoms in total. The minimum absolute atomic E-state index is 0.0455. The van der Waals surface area contributed by atoms with Gasteiger partial charge in [0.25, 0.3) is 0 Å². The average Bonchev–Trinajstić information content (AvgIpc) is 2.93. The minimum atomic E-state index is -0.0516. The molecule has 1 aliphatic heterocycles. The molecule has 1 fully saturated rings. The number of rotatable bonds is 7. The van der Waals surface area contributed by atoms with Gasteiger partial charge in [-0.3, -0.25) is 4.79 Å². The first-order valence-corrected chi connectivity index (χ1v) is 7.91. The van der Waals surface area contributed by atoms with Crippen LogP contribution in [0.3, 0.4) is 0 Å². The fourth-order valence-corrected chi connectivity index (χ4v) is 2.49. The van der Waals surface area contributed by atoms with Crippen molar-refractivity contribution in [3.05, 3.63) is 23.2 Å². The molecule has 0 radical (unpaired) electrons. The zero-order valence-electron chi connectivity index (χ0n) is 13.1. The molecule has 0 unspecified atom stereocenters. The van der Waals surface area contributed by atoms with Crippen molar-refractivity contribution < 1.29 is 14.3 Å². The fraction of sp³-hybridized carbons (Fsp3) is 0.562. The summed E-state index contributed by atoms with van der Waals surface area (Å²) in [7, 11) is 3.97. The maximum Gasteiger partial charge on any atom is 0.226 e. The van der Waals surface area contributed by atoms with E-state index in [2.05, 4.69) is 5.32 Å². The predicted molar refractivity (Wildman–Crippen MR) is 87.7 cm³/mol. The summed E-state index contributed by atoms with van der Waals surface area (Å²) in [6.45, 7) is 2.14. The number of carbonyl (C=O) groups is 1. The van der Waals surface area contributed by atoms with Gasteiger partial charge >= 0.3 is 0 Å². The SMILES string of the molecule is CN(C)CCOc1ccc(NC(=O)C[C@H]2CCCO2)cc1Cl. The van der Waals surface area contributed by atoms with E-state index in [0.29, 0.717) is 29.5 Å². The number of nitrogens with zero attached hydrogens (tertiary/aromatic N) is 1. The van der Waals surface area contributed by atoms with E-state index in [4.69, 9.17) is 21.1 Å². The van der Waals surface area contributed by atoms with Crippen LogP contribution in [0.4, 0.5) is 5.69 Å². The summed E-state index contributed by atoms with van der Waals surface area (Å²) in [5.41, 5.74) is 0.674. The zero-order valence-corrected chi connectivity index (χ0v) is 13.9. The lowest BCUT2D eigenvalue weighted by Crippen LogP contribution is -2.20. The van der Waals surface area contributed by atoms with Crippen LogP contribution >= 0.6 is 11.6 Å². The lowest BCUT2D eigenvalue weighted by Gasteiger charge is -2.13. The zero-order chi connectivity index (χ0) is 15.9. The largest absolute Gasteiger partial charge is 0.491 e. The van der Waals surface area contributed by atoms with Crippen LogP contribution in [0.5, 0.6) is 5.75 Å². The maximum absolute atomic E-state index is 11.9. The molecule has 1 aromatic rings. The first-order valence-electron chi connectivity index (χ1n) is 7.53. The number of hydrogen-bond donors (Lipinski definition) is 1. The Morgan fingerprint density at radius 1 is 1.50 bits per heavy atom. The summed E-state index contributed by atoms with van der Waals surface area (Å²) in [4.78, 5) is 14.0. The number of amides is 1. The lowest BCUT2D eigenvalue weighted by atomic mass is 10.2. The van der Waals surface area contributed by atoms with E-state index in [-0.39, 0.29) is 12.0 Å². The first-order chi connectivity index (χ1) is 10.5. The molecule has 0 bridgehead atoms. The third-order valence-corrected chi connectivity index (χ3v) is 3.74. The van der Waals surface area contributed by atoms with Gasteiger partial charge in [-0.1, -0.05) is 11.6 Å². The van der Waals surface area contributed by atoms with E-state index in [0.717, 1.165) is 26.0 Å². The third-order valence-electron chi connectivity index (χ3n) is 3.45. The number of anilines is 1. The van der Waals surface area contributed by atoms with Crippen molar-refractivity contribution in [3.8, 4) is 5.75 Å². The monoisotopic (exact) mass is 326 g/mol. The summed E-state index contributed by atoms with van der Waals surface area (Å²) in [6, 6.07) is 5.28. The normalized spacial score (nSPS) is 17.7. The van der Waals surface area contributed by atoms with Crippen molar-refractivity contribution in [2.45, 2.75) is 25.4 Å². The molecule has 1 heterocycles. The Morgan fingerprint density at radius 2 is 2.32 bits per heavy atom. The summed E-state index contributed by atoms with van der Waals surface area (Å²) in [6.07, 6.45) is 2.41. The van der Waals surface area contributed by atoms with Gasteiger partial charge < -0.3 is 19.7 Å². The summed E-state index contributed by atoms with van der Waals surface area (Å²) in [5, 5.41) is 3.34. The lowest BCUT2D eigenvalue weighted by molar-refractivity contribution is -0.118. The van der Waals surface area contributed by atoms with Crippen LogP contribution in [-0.2, 0) is 9.53 Å². The Hall–Kier alpha value is -1.30. The Balaban J connectivity index is 1.84. The van der Waals surface area contributed by atoms with Gasteiger partial charge in [0.15, 0.2) is 0 Å². The van der Waals surface area contributed by atoms with Crippen LogP contribution in [0.15, 0.2) is 18.2 Å². The summed E-state index contributed by atoms with van der Waals surface area (Å²) < 4.78 is 11.1. The molecule has 0 saturated carbocycles. The van der Waals surface area contributed by atoms with E-state index in [1.165, 1.54) is 0 Å². The van der Waals surface area contributed by atoms with Gasteiger partial charge in [0, 0.05) is 18.8 Å². The third kappa shape index (κ3) is 5.48. The van der Waals surface area contributed by atoms with Crippen LogP contribution in [0.1, 0.15) is 19.3 Å². The van der Waals surface area contributed by atoms with Crippen molar-refractivity contribution in [1.82, 2.24) is 4.90 Å². The first kappa shape index (κ1) is 17.1. The minimum Gasteiger partial charge on any atom is -0.491 e. The summed E-state index contributed by atoms with van der Waals surface area (Å²) >= 11 is 6.18. The molecule has 1 aromatic carbocycles. The average molecular weight is 327 g/mol. The number of halogens is 1. The molecule has 1 aliphatic rings.